The first-order chi connectivity index (χ1) is 11.3. The highest BCUT2D eigenvalue weighted by Crippen LogP contribution is 2.14. The second kappa shape index (κ2) is 10.6. The van der Waals surface area contributed by atoms with E-state index in [1.165, 1.54) is 15.9 Å². The lowest BCUT2D eigenvalue weighted by Crippen LogP contribution is -3.05. The molecule has 0 fully saturated rings. The molecule has 0 radical (unpaired) electrons. The number of quaternary nitrogens is 2. The fraction of sp³-hybridized carbons (Fsp3) is 0.611. The van der Waals surface area contributed by atoms with E-state index in [0.717, 1.165) is 39.0 Å². The molecule has 3 N–H and O–H groups in total. The van der Waals surface area contributed by atoms with Gasteiger partial charge in [0.1, 0.15) is 5.82 Å². The maximum absolute atomic E-state index is 13.7. The van der Waals surface area contributed by atoms with Gasteiger partial charge in [-0.3, -0.25) is 0 Å². The molecule has 0 heterocycles. The molecule has 0 saturated carbocycles. The molecule has 0 atom stereocenters. The van der Waals surface area contributed by atoms with Gasteiger partial charge in [-0.25, -0.2) is 4.39 Å². The summed E-state index contributed by atoms with van der Waals surface area (Å²) in [5.41, 5.74) is 1.36. The minimum absolute atomic E-state index is 0.207. The summed E-state index contributed by atoms with van der Waals surface area (Å²) in [5.74, 6) is -0.207. The van der Waals surface area contributed by atoms with E-state index in [9.17, 15) is 4.39 Å². The average Bonchev–Trinajstić information content (AvgIpc) is 2.48. The Morgan fingerprint density at radius 3 is 2.08 bits per heavy atom. The second-order valence-electron chi connectivity index (χ2n) is 7.00. The molecule has 1 rings (SSSR count). The first-order valence-corrected chi connectivity index (χ1v) is 9.10. The maximum Gasteiger partial charge on any atom is 0.173 e. The molecule has 24 heavy (non-hydrogen) atoms. The molecule has 0 aliphatic carbocycles. The largest absolute Gasteiger partial charge is 0.349 e. The lowest BCUT2D eigenvalue weighted by molar-refractivity contribution is -0.858. The van der Waals surface area contributed by atoms with E-state index in [-0.39, 0.29) is 5.82 Å². The van der Waals surface area contributed by atoms with Crippen LogP contribution in [0.5, 0.6) is 0 Å². The van der Waals surface area contributed by atoms with Crippen molar-refractivity contribution in [1.82, 2.24) is 4.90 Å². The first kappa shape index (κ1) is 20.8. The summed E-state index contributed by atoms with van der Waals surface area (Å²) in [6, 6.07) is 5.15. The third-order valence-corrected chi connectivity index (χ3v) is 4.28. The maximum atomic E-state index is 13.7. The van der Waals surface area contributed by atoms with Gasteiger partial charge in [-0.05, 0) is 36.8 Å². The Balaban J connectivity index is 2.64. The number of benzene rings is 1. The van der Waals surface area contributed by atoms with Gasteiger partial charge in [0.05, 0.1) is 41.3 Å². The van der Waals surface area contributed by atoms with E-state index in [1.54, 1.807) is 13.0 Å². The van der Waals surface area contributed by atoms with Crippen molar-refractivity contribution in [3.63, 3.8) is 0 Å². The van der Waals surface area contributed by atoms with Crippen LogP contribution in [-0.2, 0) is 0 Å². The number of nitrogens with one attached hydrogen (secondary N) is 3. The van der Waals surface area contributed by atoms with E-state index < -0.39 is 0 Å². The second-order valence-corrected chi connectivity index (χ2v) is 7.39. The Labute approximate surface area is 151 Å². The van der Waals surface area contributed by atoms with Crippen LogP contribution in [0.15, 0.2) is 18.2 Å². The van der Waals surface area contributed by atoms with Gasteiger partial charge >= 0.3 is 0 Å². The molecule has 0 spiro atoms. The fourth-order valence-electron chi connectivity index (χ4n) is 2.43. The third kappa shape index (κ3) is 8.04. The lowest BCUT2D eigenvalue weighted by atomic mass is 10.2. The van der Waals surface area contributed by atoms with Crippen molar-refractivity contribution in [2.45, 2.75) is 19.8 Å². The van der Waals surface area contributed by atoms with E-state index in [1.807, 2.05) is 6.07 Å². The minimum atomic E-state index is -0.207. The molecule has 6 heteroatoms. The lowest BCUT2D eigenvalue weighted by Gasteiger charge is -2.26. The van der Waals surface area contributed by atoms with Crippen LogP contribution in [0.1, 0.15) is 18.4 Å². The third-order valence-electron chi connectivity index (χ3n) is 3.92. The van der Waals surface area contributed by atoms with Gasteiger partial charge in [0.2, 0.25) is 0 Å². The van der Waals surface area contributed by atoms with Gasteiger partial charge < -0.3 is 20.0 Å². The molecule has 0 unspecified atom stereocenters. The predicted molar refractivity (Wildman–Crippen MR) is 104 cm³/mol. The number of nitrogens with zero attached hydrogens (tertiary/aromatic N) is 1. The van der Waals surface area contributed by atoms with Crippen LogP contribution in [-0.4, -0.2) is 64.4 Å². The monoisotopic (exact) mass is 356 g/mol. The highest BCUT2D eigenvalue weighted by Gasteiger charge is 2.12. The zero-order chi connectivity index (χ0) is 18.1. The van der Waals surface area contributed by atoms with E-state index in [4.69, 9.17) is 12.2 Å². The number of aryl methyl sites for hydroxylation is 1. The Hall–Kier alpha value is -1.24. The van der Waals surface area contributed by atoms with Crippen molar-refractivity contribution >= 4 is 23.0 Å². The van der Waals surface area contributed by atoms with Crippen molar-refractivity contribution in [1.29, 1.82) is 0 Å². The van der Waals surface area contributed by atoms with Crippen LogP contribution >= 0.6 is 12.2 Å². The topological polar surface area (TPSA) is 24.2 Å². The Kier molecular flexibility index (Phi) is 9.18. The Bertz CT molecular complexity index is 506. The molecule has 136 valence electrons. The summed E-state index contributed by atoms with van der Waals surface area (Å²) in [4.78, 5) is 5.08. The van der Waals surface area contributed by atoms with Gasteiger partial charge in [0.15, 0.2) is 5.11 Å². The van der Waals surface area contributed by atoms with Crippen molar-refractivity contribution in [2.24, 2.45) is 0 Å². The van der Waals surface area contributed by atoms with Crippen molar-refractivity contribution in [3.8, 4) is 0 Å². The van der Waals surface area contributed by atoms with Crippen LogP contribution in [0.25, 0.3) is 0 Å². The summed E-state index contributed by atoms with van der Waals surface area (Å²) < 4.78 is 13.7. The number of anilines is 1. The first-order valence-electron chi connectivity index (χ1n) is 8.69. The van der Waals surface area contributed by atoms with Crippen LogP contribution in [0.4, 0.5) is 10.1 Å². The zero-order valence-electron chi connectivity index (χ0n) is 15.7. The van der Waals surface area contributed by atoms with Gasteiger partial charge in [-0.15, -0.1) is 0 Å². The van der Waals surface area contributed by atoms with Gasteiger partial charge in [-0.1, -0.05) is 6.07 Å². The molecular formula is C18H33FN4S+2. The molecule has 0 saturated heterocycles. The van der Waals surface area contributed by atoms with Crippen molar-refractivity contribution < 1.29 is 14.2 Å². The molecular weight excluding hydrogens is 323 g/mol. The molecule has 0 aromatic heterocycles. The summed E-state index contributed by atoms with van der Waals surface area (Å²) in [6.45, 7) is 5.83. The average molecular weight is 357 g/mol. The van der Waals surface area contributed by atoms with Gasteiger partial charge in [0, 0.05) is 31.6 Å². The summed E-state index contributed by atoms with van der Waals surface area (Å²) in [7, 11) is 8.63. The molecule has 0 aliphatic heterocycles. The molecule has 4 nitrogen and oxygen atoms in total. The van der Waals surface area contributed by atoms with Gasteiger partial charge in [-0.2, -0.15) is 0 Å². The molecule has 1 aromatic carbocycles. The van der Waals surface area contributed by atoms with Crippen molar-refractivity contribution in [3.05, 3.63) is 29.6 Å². The molecule has 1 aromatic rings. The van der Waals surface area contributed by atoms with Crippen LogP contribution < -0.4 is 15.1 Å². The molecule has 0 bridgehead atoms. The number of halogens is 1. The van der Waals surface area contributed by atoms with Crippen molar-refractivity contribution in [2.75, 3.05) is 59.7 Å². The summed E-state index contributed by atoms with van der Waals surface area (Å²) in [6.07, 6.45) is 2.17. The molecule has 0 aliphatic rings. The van der Waals surface area contributed by atoms with Crippen LogP contribution in [0.3, 0.4) is 0 Å². The summed E-state index contributed by atoms with van der Waals surface area (Å²) in [5, 5.41) is 3.87. The van der Waals surface area contributed by atoms with E-state index in [2.05, 4.69) is 38.4 Å². The normalized spacial score (nSPS) is 11.2. The Morgan fingerprint density at radius 1 is 1.08 bits per heavy atom. The fourth-order valence-corrected chi connectivity index (χ4v) is 2.74. The number of rotatable bonds is 9. The summed E-state index contributed by atoms with van der Waals surface area (Å²) >= 11 is 5.57. The van der Waals surface area contributed by atoms with E-state index >= 15 is 0 Å². The highest BCUT2D eigenvalue weighted by atomic mass is 32.1. The highest BCUT2D eigenvalue weighted by molar-refractivity contribution is 7.80. The SMILES string of the molecule is Cc1ccc(NC(=S)N(CCC[NH+](C)C)CCC[NH+](C)C)cc1F. The van der Waals surface area contributed by atoms with Gasteiger partial charge in [0.25, 0.3) is 0 Å². The Morgan fingerprint density at radius 2 is 1.62 bits per heavy atom. The van der Waals surface area contributed by atoms with E-state index in [0.29, 0.717) is 16.4 Å². The van der Waals surface area contributed by atoms with Crippen LogP contribution in [0.2, 0.25) is 0 Å². The predicted octanol–water partition coefficient (Wildman–Crippen LogP) is 0.202. The number of hydrogen-bond acceptors (Lipinski definition) is 1. The quantitative estimate of drug-likeness (QED) is 0.551. The van der Waals surface area contributed by atoms with Crippen LogP contribution in [0, 0.1) is 12.7 Å². The minimum Gasteiger partial charge on any atom is -0.349 e. The molecule has 0 amide bonds. The number of thiocarbonyl (C=S) groups is 1. The smallest absolute Gasteiger partial charge is 0.173 e. The standard InChI is InChI=1S/C18H31FN4S/c1-15-8-9-16(14-17(15)19)20-18(24)23(12-6-10-21(2)3)13-7-11-22(4)5/h8-9,14H,6-7,10-13H2,1-5H3,(H,20,24)/p+2. The zero-order valence-corrected chi connectivity index (χ0v) is 16.5. The number of hydrogen-bond donors (Lipinski definition) is 3.